The number of hydrogen-bond donors (Lipinski definition) is 1. The number of hydrogen-bond acceptors (Lipinski definition) is 5. The van der Waals surface area contributed by atoms with Crippen molar-refractivity contribution in [1.82, 2.24) is 9.38 Å². The Hall–Kier alpha value is -2.98. The summed E-state index contributed by atoms with van der Waals surface area (Å²) in [7, 11) is 0. The van der Waals surface area contributed by atoms with E-state index < -0.39 is 0 Å². The summed E-state index contributed by atoms with van der Waals surface area (Å²) >= 11 is 1.08. The van der Waals surface area contributed by atoms with Crippen molar-refractivity contribution in [3.05, 3.63) is 54.0 Å². The van der Waals surface area contributed by atoms with Crippen LogP contribution >= 0.6 is 11.8 Å². The molecule has 3 aromatic rings. The zero-order chi connectivity index (χ0) is 18.5. The summed E-state index contributed by atoms with van der Waals surface area (Å²) in [5, 5.41) is 13.6. The third kappa shape index (κ3) is 3.51. The van der Waals surface area contributed by atoms with Gasteiger partial charge in [-0.15, -0.1) is 0 Å². The summed E-state index contributed by atoms with van der Waals surface area (Å²) in [6, 6.07) is 10.8. The lowest BCUT2D eigenvalue weighted by atomic mass is 10.2. The molecule has 0 aliphatic rings. The van der Waals surface area contributed by atoms with Gasteiger partial charge in [-0.1, -0.05) is 6.92 Å². The van der Waals surface area contributed by atoms with E-state index in [4.69, 9.17) is 10.00 Å². The van der Waals surface area contributed by atoms with Crippen molar-refractivity contribution in [2.45, 2.75) is 25.2 Å². The van der Waals surface area contributed by atoms with E-state index in [1.54, 1.807) is 28.7 Å². The largest absolute Gasteiger partial charge is 0.490 e. The molecule has 2 aromatic heterocycles. The van der Waals surface area contributed by atoms with Crippen LogP contribution < -0.4 is 10.1 Å². The minimum Gasteiger partial charge on any atom is -0.490 e. The Morgan fingerprint density at radius 3 is 2.73 bits per heavy atom. The normalized spacial score (nSPS) is 10.5. The van der Waals surface area contributed by atoms with Crippen LogP contribution in [0.1, 0.15) is 30.0 Å². The standard InChI is InChI=1S/C19H18N4O2S/c1-3-15-17(23-11-5-6-16(25-4-2)18(23)22-15)19(24)21-13-7-9-14(10-8-13)26-12-20/h5-11H,3-4H2,1-2H3,(H,21,24). The SMILES string of the molecule is CCOc1cccn2c(C(=O)Nc3ccc(SC#N)cc3)c(CC)nc12. The van der Waals surface area contributed by atoms with Gasteiger partial charge in [0.25, 0.3) is 5.91 Å². The van der Waals surface area contributed by atoms with Crippen LogP contribution in [0.25, 0.3) is 5.65 Å². The first-order valence-corrected chi connectivity index (χ1v) is 9.09. The molecule has 0 fully saturated rings. The summed E-state index contributed by atoms with van der Waals surface area (Å²) in [4.78, 5) is 18.3. The van der Waals surface area contributed by atoms with Crippen molar-refractivity contribution in [2.75, 3.05) is 11.9 Å². The number of aryl methyl sites for hydroxylation is 1. The summed E-state index contributed by atoms with van der Waals surface area (Å²) in [5.74, 6) is 0.422. The van der Waals surface area contributed by atoms with E-state index in [9.17, 15) is 4.79 Å². The van der Waals surface area contributed by atoms with Gasteiger partial charge >= 0.3 is 0 Å². The highest BCUT2D eigenvalue weighted by Gasteiger charge is 2.20. The van der Waals surface area contributed by atoms with E-state index in [2.05, 4.69) is 10.3 Å². The minimum atomic E-state index is -0.233. The minimum absolute atomic E-state index is 0.233. The maximum atomic E-state index is 12.9. The van der Waals surface area contributed by atoms with Crippen LogP contribution in [0.4, 0.5) is 5.69 Å². The van der Waals surface area contributed by atoms with E-state index in [0.717, 1.165) is 16.7 Å². The molecule has 0 aliphatic heterocycles. The number of thioether (sulfide) groups is 1. The van der Waals surface area contributed by atoms with Gasteiger partial charge < -0.3 is 10.1 Å². The van der Waals surface area contributed by atoms with Gasteiger partial charge in [0.2, 0.25) is 0 Å². The molecule has 1 amide bonds. The van der Waals surface area contributed by atoms with Gasteiger partial charge in [-0.3, -0.25) is 9.20 Å². The fraction of sp³-hybridized carbons (Fsp3) is 0.211. The molecule has 0 radical (unpaired) electrons. The van der Waals surface area contributed by atoms with Crippen LogP contribution in [0.3, 0.4) is 0 Å². The summed E-state index contributed by atoms with van der Waals surface area (Å²) in [6.07, 6.45) is 2.44. The number of pyridine rings is 1. The Kier molecular flexibility index (Phi) is 5.44. The monoisotopic (exact) mass is 366 g/mol. The van der Waals surface area contributed by atoms with Crippen LogP contribution in [0.2, 0.25) is 0 Å². The van der Waals surface area contributed by atoms with E-state index in [0.29, 0.717) is 41.5 Å². The Morgan fingerprint density at radius 1 is 1.31 bits per heavy atom. The number of rotatable bonds is 6. The topological polar surface area (TPSA) is 79.4 Å². The van der Waals surface area contributed by atoms with Crippen LogP contribution in [-0.2, 0) is 6.42 Å². The fourth-order valence-electron chi connectivity index (χ4n) is 2.69. The number of imidazole rings is 1. The van der Waals surface area contributed by atoms with Gasteiger partial charge in [-0.2, -0.15) is 5.26 Å². The summed E-state index contributed by atoms with van der Waals surface area (Å²) < 4.78 is 7.39. The zero-order valence-corrected chi connectivity index (χ0v) is 15.3. The number of nitrogens with zero attached hydrogens (tertiary/aromatic N) is 3. The predicted molar refractivity (Wildman–Crippen MR) is 102 cm³/mol. The summed E-state index contributed by atoms with van der Waals surface area (Å²) in [5.41, 5.74) is 2.51. The highest BCUT2D eigenvalue weighted by Crippen LogP contribution is 2.24. The quantitative estimate of drug-likeness (QED) is 0.524. The molecular formula is C19H18N4O2S. The van der Waals surface area contributed by atoms with Crippen LogP contribution in [0, 0.1) is 10.7 Å². The molecule has 0 spiro atoms. The molecule has 0 atom stereocenters. The van der Waals surface area contributed by atoms with E-state index in [-0.39, 0.29) is 5.91 Å². The van der Waals surface area contributed by atoms with Crippen LogP contribution in [0.15, 0.2) is 47.5 Å². The van der Waals surface area contributed by atoms with Crippen LogP contribution in [0.5, 0.6) is 5.75 Å². The van der Waals surface area contributed by atoms with Gasteiger partial charge in [-0.05, 0) is 61.5 Å². The Bertz CT molecular complexity index is 974. The predicted octanol–water partition coefficient (Wildman–Crippen LogP) is 4.12. The number of anilines is 1. The Labute approximate surface area is 155 Å². The molecule has 0 saturated carbocycles. The summed E-state index contributed by atoms with van der Waals surface area (Å²) in [6.45, 7) is 4.41. The van der Waals surface area contributed by atoms with Gasteiger partial charge in [0.1, 0.15) is 11.1 Å². The molecular weight excluding hydrogens is 348 g/mol. The van der Waals surface area contributed by atoms with E-state index in [1.165, 1.54) is 0 Å². The third-order valence-corrected chi connectivity index (χ3v) is 4.41. The van der Waals surface area contributed by atoms with Crippen molar-refractivity contribution in [1.29, 1.82) is 5.26 Å². The number of fused-ring (bicyclic) bond motifs is 1. The number of thiocyanates is 1. The Balaban J connectivity index is 1.94. The number of carbonyl (C=O) groups excluding carboxylic acids is 1. The smallest absolute Gasteiger partial charge is 0.274 e. The molecule has 6 nitrogen and oxygen atoms in total. The van der Waals surface area contributed by atoms with E-state index in [1.807, 2.05) is 37.6 Å². The van der Waals surface area contributed by atoms with Crippen molar-refractivity contribution < 1.29 is 9.53 Å². The second kappa shape index (κ2) is 7.93. The molecule has 1 N–H and O–H groups in total. The van der Waals surface area contributed by atoms with Gasteiger partial charge in [-0.25, -0.2) is 4.98 Å². The average Bonchev–Trinajstić information content (AvgIpc) is 3.03. The fourth-order valence-corrected chi connectivity index (χ4v) is 3.07. The van der Waals surface area contributed by atoms with E-state index >= 15 is 0 Å². The molecule has 2 heterocycles. The number of ether oxygens (including phenoxy) is 1. The molecule has 0 saturated heterocycles. The first-order chi connectivity index (χ1) is 12.7. The third-order valence-electron chi connectivity index (χ3n) is 3.81. The number of amides is 1. The molecule has 26 heavy (non-hydrogen) atoms. The van der Waals surface area contributed by atoms with Crippen LogP contribution in [-0.4, -0.2) is 21.9 Å². The lowest BCUT2D eigenvalue weighted by Crippen LogP contribution is -2.16. The molecule has 132 valence electrons. The van der Waals surface area contributed by atoms with Gasteiger partial charge in [0, 0.05) is 16.8 Å². The molecule has 0 unspecified atom stereocenters. The van der Waals surface area contributed by atoms with Crippen molar-refractivity contribution in [3.8, 4) is 11.2 Å². The number of aromatic nitrogens is 2. The molecule has 0 aliphatic carbocycles. The van der Waals surface area contributed by atoms with Crippen molar-refractivity contribution >= 4 is 29.0 Å². The molecule has 7 heteroatoms. The number of benzene rings is 1. The van der Waals surface area contributed by atoms with Crippen molar-refractivity contribution in [3.63, 3.8) is 0 Å². The first kappa shape index (κ1) is 17.8. The first-order valence-electron chi connectivity index (χ1n) is 8.28. The second-order valence-corrected chi connectivity index (χ2v) is 6.29. The molecule has 0 bridgehead atoms. The second-order valence-electron chi connectivity index (χ2n) is 5.43. The van der Waals surface area contributed by atoms with Gasteiger partial charge in [0.05, 0.1) is 12.3 Å². The lowest BCUT2D eigenvalue weighted by molar-refractivity contribution is 0.102. The number of carbonyl (C=O) groups is 1. The maximum Gasteiger partial charge on any atom is 0.274 e. The lowest BCUT2D eigenvalue weighted by Gasteiger charge is -2.08. The number of nitrogens with one attached hydrogen (secondary N) is 1. The highest BCUT2D eigenvalue weighted by molar-refractivity contribution is 8.03. The Morgan fingerprint density at radius 2 is 2.08 bits per heavy atom. The average molecular weight is 366 g/mol. The maximum absolute atomic E-state index is 12.9. The van der Waals surface area contributed by atoms with Gasteiger partial charge in [0.15, 0.2) is 11.4 Å². The zero-order valence-electron chi connectivity index (χ0n) is 14.5. The number of nitriles is 1. The highest BCUT2D eigenvalue weighted by atomic mass is 32.2. The molecule has 1 aromatic carbocycles. The van der Waals surface area contributed by atoms with Crippen molar-refractivity contribution in [2.24, 2.45) is 0 Å². The molecule has 3 rings (SSSR count).